The SMILES string of the molecule is CCNc1ccc(C23C[C@H]4C[C@@H](C2)CC(c2ccc(C(=O)O)cc2)(C4)C3)cc1. The van der Waals surface area contributed by atoms with Crippen LogP contribution in [0.3, 0.4) is 0 Å². The molecule has 2 unspecified atom stereocenters. The predicted octanol–water partition coefficient (Wildman–Crippen LogP) is 5.61. The van der Waals surface area contributed by atoms with Gasteiger partial charge >= 0.3 is 5.97 Å². The van der Waals surface area contributed by atoms with E-state index in [1.165, 1.54) is 55.3 Å². The molecule has 4 aliphatic carbocycles. The summed E-state index contributed by atoms with van der Waals surface area (Å²) in [7, 11) is 0. The van der Waals surface area contributed by atoms with Crippen LogP contribution in [0.1, 0.15) is 66.9 Å². The van der Waals surface area contributed by atoms with Gasteiger partial charge in [-0.15, -0.1) is 0 Å². The van der Waals surface area contributed by atoms with Crippen LogP contribution >= 0.6 is 0 Å². The molecule has 0 aromatic heterocycles. The Labute approximate surface area is 167 Å². The molecule has 0 heterocycles. The van der Waals surface area contributed by atoms with Crippen molar-refractivity contribution < 1.29 is 9.90 Å². The second-order valence-corrected chi connectivity index (χ2v) is 9.51. The first-order chi connectivity index (χ1) is 13.5. The second-order valence-electron chi connectivity index (χ2n) is 9.51. The molecule has 4 saturated carbocycles. The van der Waals surface area contributed by atoms with Crippen LogP contribution in [0.4, 0.5) is 5.69 Å². The minimum Gasteiger partial charge on any atom is -0.478 e. The van der Waals surface area contributed by atoms with Crippen molar-refractivity contribution in [1.29, 1.82) is 0 Å². The average molecular weight is 376 g/mol. The highest BCUT2D eigenvalue weighted by Gasteiger charge is 2.58. The molecule has 2 aromatic carbocycles. The summed E-state index contributed by atoms with van der Waals surface area (Å²) in [5.74, 6) is 0.761. The monoisotopic (exact) mass is 375 g/mol. The van der Waals surface area contributed by atoms with Gasteiger partial charge in [0.15, 0.2) is 0 Å². The largest absolute Gasteiger partial charge is 0.478 e. The zero-order chi connectivity index (χ0) is 19.4. The van der Waals surface area contributed by atoms with E-state index in [1.807, 2.05) is 0 Å². The van der Waals surface area contributed by atoms with Crippen LogP contribution < -0.4 is 5.32 Å². The van der Waals surface area contributed by atoms with Gasteiger partial charge in [-0.2, -0.15) is 0 Å². The second kappa shape index (κ2) is 6.37. The third-order valence-electron chi connectivity index (χ3n) is 7.68. The fourth-order valence-electron chi connectivity index (χ4n) is 7.05. The highest BCUT2D eigenvalue weighted by Crippen LogP contribution is 2.66. The zero-order valence-electron chi connectivity index (χ0n) is 16.6. The van der Waals surface area contributed by atoms with Crippen molar-refractivity contribution in [2.45, 2.75) is 56.3 Å². The molecule has 6 rings (SSSR count). The van der Waals surface area contributed by atoms with Gasteiger partial charge in [0.2, 0.25) is 0 Å². The lowest BCUT2D eigenvalue weighted by Gasteiger charge is -2.63. The van der Waals surface area contributed by atoms with E-state index < -0.39 is 5.97 Å². The Bertz CT molecular complexity index is 870. The summed E-state index contributed by atoms with van der Waals surface area (Å²) in [4.78, 5) is 11.3. The van der Waals surface area contributed by atoms with E-state index in [4.69, 9.17) is 0 Å². The van der Waals surface area contributed by atoms with Gasteiger partial charge < -0.3 is 10.4 Å². The number of carboxylic acids is 1. The van der Waals surface area contributed by atoms with Gasteiger partial charge in [-0.25, -0.2) is 4.79 Å². The van der Waals surface area contributed by atoms with Crippen molar-refractivity contribution in [1.82, 2.24) is 0 Å². The molecule has 4 atom stereocenters. The topological polar surface area (TPSA) is 49.3 Å². The van der Waals surface area contributed by atoms with Crippen LogP contribution in [0.25, 0.3) is 0 Å². The maximum absolute atomic E-state index is 11.3. The van der Waals surface area contributed by atoms with Crippen molar-refractivity contribution >= 4 is 11.7 Å². The average Bonchev–Trinajstić information content (AvgIpc) is 2.68. The van der Waals surface area contributed by atoms with E-state index in [2.05, 4.69) is 48.6 Å². The highest BCUT2D eigenvalue weighted by atomic mass is 16.4. The van der Waals surface area contributed by atoms with Gasteiger partial charge in [0.25, 0.3) is 0 Å². The van der Waals surface area contributed by atoms with Crippen LogP contribution in [0.2, 0.25) is 0 Å². The Balaban J connectivity index is 1.51. The van der Waals surface area contributed by atoms with Crippen LogP contribution in [-0.4, -0.2) is 17.6 Å². The molecule has 0 amide bonds. The van der Waals surface area contributed by atoms with Crippen LogP contribution in [-0.2, 0) is 10.8 Å². The molecule has 4 fully saturated rings. The summed E-state index contributed by atoms with van der Waals surface area (Å²) in [5.41, 5.74) is 4.98. The lowest BCUT2D eigenvalue weighted by molar-refractivity contribution is -0.0281. The van der Waals surface area contributed by atoms with E-state index in [1.54, 1.807) is 12.1 Å². The van der Waals surface area contributed by atoms with Gasteiger partial charge in [0, 0.05) is 12.2 Å². The molecule has 0 aliphatic heterocycles. The number of nitrogens with one attached hydrogen (secondary N) is 1. The van der Waals surface area contributed by atoms with Gasteiger partial charge in [0.1, 0.15) is 0 Å². The van der Waals surface area contributed by atoms with Gasteiger partial charge in [-0.05, 0) is 104 Å². The molecule has 2 aromatic rings. The number of carbonyl (C=O) groups is 1. The molecule has 146 valence electrons. The molecular formula is C25H29NO2. The standard InChI is InChI=1S/C25H29NO2/c1-2-26-22-9-7-21(8-10-22)25-14-17-11-18(15-25)13-24(12-17,16-25)20-5-3-19(4-6-20)23(27)28/h3-10,17-18,26H,2,11-16H2,1H3,(H,27,28)/t17-,18+,24?,25?. The molecule has 0 spiro atoms. The first-order valence-corrected chi connectivity index (χ1v) is 10.7. The molecule has 4 aliphatic rings. The van der Waals surface area contributed by atoms with E-state index in [-0.39, 0.29) is 5.41 Å². The molecule has 3 heteroatoms. The zero-order valence-corrected chi connectivity index (χ0v) is 16.6. The number of benzene rings is 2. The smallest absolute Gasteiger partial charge is 0.335 e. The summed E-state index contributed by atoms with van der Waals surface area (Å²) in [6.45, 7) is 3.08. The molecule has 0 saturated heterocycles. The first kappa shape index (κ1) is 17.8. The summed E-state index contributed by atoms with van der Waals surface area (Å²) >= 11 is 0. The number of aromatic carboxylic acids is 1. The lowest BCUT2D eigenvalue weighted by Crippen LogP contribution is -2.55. The molecule has 28 heavy (non-hydrogen) atoms. The Kier molecular flexibility index (Phi) is 4.04. The number of hydrogen-bond acceptors (Lipinski definition) is 2. The van der Waals surface area contributed by atoms with Crippen molar-refractivity contribution in [3.8, 4) is 0 Å². The quantitative estimate of drug-likeness (QED) is 0.714. The fraction of sp³-hybridized carbons (Fsp3) is 0.480. The van der Waals surface area contributed by atoms with Crippen molar-refractivity contribution in [3.63, 3.8) is 0 Å². The lowest BCUT2D eigenvalue weighted by atomic mass is 9.42. The molecular weight excluding hydrogens is 346 g/mol. The summed E-state index contributed by atoms with van der Waals surface area (Å²) in [6.07, 6.45) is 7.77. The van der Waals surface area contributed by atoms with E-state index >= 15 is 0 Å². The molecule has 3 nitrogen and oxygen atoms in total. The van der Waals surface area contributed by atoms with Crippen LogP contribution in [0.5, 0.6) is 0 Å². The summed E-state index contributed by atoms with van der Waals surface area (Å²) in [5, 5.41) is 12.7. The Morgan fingerprint density at radius 2 is 1.43 bits per heavy atom. The minimum atomic E-state index is -0.839. The molecule has 0 radical (unpaired) electrons. The maximum atomic E-state index is 11.3. The Morgan fingerprint density at radius 3 is 1.89 bits per heavy atom. The first-order valence-electron chi connectivity index (χ1n) is 10.7. The predicted molar refractivity (Wildman–Crippen MR) is 112 cm³/mol. The fourth-order valence-corrected chi connectivity index (χ4v) is 7.05. The number of anilines is 1. The number of rotatable bonds is 5. The maximum Gasteiger partial charge on any atom is 0.335 e. The van der Waals surface area contributed by atoms with Crippen molar-refractivity contribution in [2.75, 3.05) is 11.9 Å². The third kappa shape index (κ3) is 2.75. The van der Waals surface area contributed by atoms with Crippen LogP contribution in [0, 0.1) is 11.8 Å². The summed E-state index contributed by atoms with van der Waals surface area (Å²) < 4.78 is 0. The third-order valence-corrected chi connectivity index (χ3v) is 7.68. The van der Waals surface area contributed by atoms with E-state index in [0.29, 0.717) is 11.0 Å². The molecule has 4 bridgehead atoms. The Morgan fingerprint density at radius 1 is 0.929 bits per heavy atom. The summed E-state index contributed by atoms with van der Waals surface area (Å²) in [6, 6.07) is 17.0. The van der Waals surface area contributed by atoms with Crippen LogP contribution in [0.15, 0.2) is 48.5 Å². The number of carboxylic acid groups (broad SMARTS) is 1. The van der Waals surface area contributed by atoms with Crippen molar-refractivity contribution in [3.05, 3.63) is 65.2 Å². The van der Waals surface area contributed by atoms with Gasteiger partial charge in [-0.3, -0.25) is 0 Å². The highest BCUT2D eigenvalue weighted by molar-refractivity contribution is 5.87. The molecule has 2 N–H and O–H groups in total. The normalized spacial score (nSPS) is 33.0. The van der Waals surface area contributed by atoms with Gasteiger partial charge in [-0.1, -0.05) is 24.3 Å². The van der Waals surface area contributed by atoms with Crippen molar-refractivity contribution in [2.24, 2.45) is 11.8 Å². The van der Waals surface area contributed by atoms with Gasteiger partial charge in [0.05, 0.1) is 5.56 Å². The Hall–Kier alpha value is -2.29. The van der Waals surface area contributed by atoms with E-state index in [9.17, 15) is 9.90 Å². The van der Waals surface area contributed by atoms with E-state index in [0.717, 1.165) is 18.4 Å². The number of hydrogen-bond donors (Lipinski definition) is 2. The minimum absolute atomic E-state index is 0.224.